The van der Waals surface area contributed by atoms with Gasteiger partial charge in [-0.2, -0.15) is 0 Å². The molecule has 1 aromatic heterocycles. The summed E-state index contributed by atoms with van der Waals surface area (Å²) in [5, 5.41) is 16.5. The minimum absolute atomic E-state index is 0.138. The van der Waals surface area contributed by atoms with Gasteiger partial charge < -0.3 is 10.6 Å². The second-order valence-corrected chi connectivity index (χ2v) is 7.97. The van der Waals surface area contributed by atoms with Crippen LogP contribution in [0.25, 0.3) is 22.0 Å². The number of rotatable bonds is 6. The molecule has 8 heteroatoms. The molecule has 4 rings (SSSR count). The Morgan fingerprint density at radius 1 is 0.875 bits per heavy atom. The largest absolute Gasteiger partial charge is 0.326 e. The highest BCUT2D eigenvalue weighted by atomic mass is 32.2. The summed E-state index contributed by atoms with van der Waals surface area (Å²) in [7, 11) is 0. The quantitative estimate of drug-likeness (QED) is 0.402. The van der Waals surface area contributed by atoms with Crippen molar-refractivity contribution in [2.45, 2.75) is 11.9 Å². The van der Waals surface area contributed by atoms with Crippen LogP contribution in [-0.4, -0.2) is 27.8 Å². The summed E-state index contributed by atoms with van der Waals surface area (Å²) >= 11 is 1.28. The molecular weight excluding hydrogens is 427 g/mol. The summed E-state index contributed by atoms with van der Waals surface area (Å²) in [5.41, 5.74) is 2.62. The monoisotopic (exact) mass is 446 g/mol. The molecule has 0 saturated heterocycles. The average Bonchev–Trinajstić information content (AvgIpc) is 2.78. The first-order chi connectivity index (χ1) is 15.5. The number of nitrogens with one attached hydrogen (secondary N) is 2. The van der Waals surface area contributed by atoms with Gasteiger partial charge in [-0.3, -0.25) is 9.59 Å². The summed E-state index contributed by atoms with van der Waals surface area (Å²) < 4.78 is 13.3. The lowest BCUT2D eigenvalue weighted by molar-refractivity contribution is -0.114. The van der Waals surface area contributed by atoms with Crippen LogP contribution in [0.1, 0.15) is 6.92 Å². The molecule has 1 heterocycles. The van der Waals surface area contributed by atoms with Gasteiger partial charge in [-0.1, -0.05) is 42.1 Å². The number of carbonyl (C=O) groups excluding carboxylic acids is 2. The molecule has 0 aliphatic carbocycles. The summed E-state index contributed by atoms with van der Waals surface area (Å²) in [6.07, 6.45) is 0. The lowest BCUT2D eigenvalue weighted by atomic mass is 10.1. The molecule has 2 N–H and O–H groups in total. The highest BCUT2D eigenvalue weighted by Crippen LogP contribution is 2.31. The second kappa shape index (κ2) is 9.57. The zero-order chi connectivity index (χ0) is 22.5. The number of amides is 2. The fraction of sp³-hybridized carbons (Fsp3) is 0.0833. The normalized spacial score (nSPS) is 10.7. The standard InChI is InChI=1S/C24H19FN4O2S/c1-15(30)26-18-5-4-6-19(13-18)27-22(31)14-32-24-21-8-3-2-7-20(21)23(28-29-24)16-9-11-17(25)12-10-16/h2-13H,14H2,1H3,(H,26,30)(H,27,31). The molecule has 0 saturated carbocycles. The van der Waals surface area contributed by atoms with Crippen molar-refractivity contribution in [1.29, 1.82) is 0 Å². The number of aromatic nitrogens is 2. The molecule has 2 amide bonds. The number of hydrogen-bond acceptors (Lipinski definition) is 5. The minimum Gasteiger partial charge on any atom is -0.326 e. The Balaban J connectivity index is 1.50. The first kappa shape index (κ1) is 21.5. The first-order valence-electron chi connectivity index (χ1n) is 9.81. The zero-order valence-electron chi connectivity index (χ0n) is 17.1. The van der Waals surface area contributed by atoms with E-state index in [0.717, 1.165) is 16.3 Å². The van der Waals surface area contributed by atoms with Crippen molar-refractivity contribution in [3.63, 3.8) is 0 Å². The maximum atomic E-state index is 13.3. The van der Waals surface area contributed by atoms with Crippen molar-refractivity contribution in [3.8, 4) is 11.3 Å². The van der Waals surface area contributed by atoms with Gasteiger partial charge in [0.2, 0.25) is 11.8 Å². The zero-order valence-corrected chi connectivity index (χ0v) is 17.9. The topological polar surface area (TPSA) is 84.0 Å². The van der Waals surface area contributed by atoms with Crippen molar-refractivity contribution in [3.05, 3.63) is 78.6 Å². The van der Waals surface area contributed by atoms with Crippen LogP contribution in [0.5, 0.6) is 0 Å². The van der Waals surface area contributed by atoms with E-state index in [9.17, 15) is 14.0 Å². The second-order valence-electron chi connectivity index (χ2n) is 7.01. The van der Waals surface area contributed by atoms with Gasteiger partial charge in [0.15, 0.2) is 0 Å². The van der Waals surface area contributed by atoms with Crippen LogP contribution in [0.15, 0.2) is 77.8 Å². The highest BCUT2D eigenvalue weighted by molar-refractivity contribution is 8.00. The van der Waals surface area contributed by atoms with E-state index >= 15 is 0 Å². The first-order valence-corrected chi connectivity index (χ1v) is 10.8. The third-order valence-electron chi connectivity index (χ3n) is 4.58. The van der Waals surface area contributed by atoms with Crippen LogP contribution in [0.4, 0.5) is 15.8 Å². The number of nitrogens with zero attached hydrogens (tertiary/aromatic N) is 2. The third-order valence-corrected chi connectivity index (χ3v) is 5.56. The van der Waals surface area contributed by atoms with Gasteiger partial charge in [0.25, 0.3) is 0 Å². The van der Waals surface area contributed by atoms with Gasteiger partial charge in [0.05, 0.1) is 5.75 Å². The lowest BCUT2D eigenvalue weighted by Gasteiger charge is -2.10. The van der Waals surface area contributed by atoms with Gasteiger partial charge in [0, 0.05) is 34.6 Å². The number of hydrogen-bond donors (Lipinski definition) is 2. The van der Waals surface area contributed by atoms with Gasteiger partial charge >= 0.3 is 0 Å². The number of anilines is 2. The Bertz CT molecular complexity index is 1290. The molecule has 32 heavy (non-hydrogen) atoms. The Kier molecular flexibility index (Phi) is 6.42. The average molecular weight is 447 g/mol. The van der Waals surface area contributed by atoms with E-state index in [-0.39, 0.29) is 23.4 Å². The van der Waals surface area contributed by atoms with Crippen LogP contribution >= 0.6 is 11.8 Å². The van der Waals surface area contributed by atoms with Gasteiger partial charge in [-0.15, -0.1) is 10.2 Å². The van der Waals surface area contributed by atoms with E-state index in [1.165, 1.54) is 30.8 Å². The molecule has 0 atom stereocenters. The summed E-state index contributed by atoms with van der Waals surface area (Å²) in [4.78, 5) is 23.7. The number of fused-ring (bicyclic) bond motifs is 1. The number of carbonyl (C=O) groups is 2. The van der Waals surface area contributed by atoms with E-state index < -0.39 is 0 Å². The Hall–Kier alpha value is -3.78. The van der Waals surface area contributed by atoms with Crippen LogP contribution < -0.4 is 10.6 Å². The van der Waals surface area contributed by atoms with Crippen molar-refractivity contribution >= 4 is 45.7 Å². The molecule has 4 aromatic rings. The van der Waals surface area contributed by atoms with E-state index in [1.54, 1.807) is 36.4 Å². The Morgan fingerprint density at radius 2 is 1.56 bits per heavy atom. The van der Waals surface area contributed by atoms with Crippen molar-refractivity contribution in [1.82, 2.24) is 10.2 Å². The summed E-state index contributed by atoms with van der Waals surface area (Å²) in [6.45, 7) is 1.43. The van der Waals surface area contributed by atoms with Crippen LogP contribution in [0, 0.1) is 5.82 Å². The molecule has 0 fully saturated rings. The molecule has 0 unspecified atom stereocenters. The summed E-state index contributed by atoms with van der Waals surface area (Å²) in [6, 6.07) is 20.7. The van der Waals surface area contributed by atoms with Crippen LogP contribution in [-0.2, 0) is 9.59 Å². The fourth-order valence-electron chi connectivity index (χ4n) is 3.22. The smallest absolute Gasteiger partial charge is 0.234 e. The van der Waals surface area contributed by atoms with Gasteiger partial charge in [0.1, 0.15) is 16.5 Å². The van der Waals surface area contributed by atoms with E-state index in [2.05, 4.69) is 20.8 Å². The highest BCUT2D eigenvalue weighted by Gasteiger charge is 2.13. The predicted octanol–water partition coefficient (Wildman–Crippen LogP) is 5.13. The molecule has 0 aliphatic rings. The number of benzene rings is 3. The maximum absolute atomic E-state index is 13.3. The SMILES string of the molecule is CC(=O)Nc1cccc(NC(=O)CSc2nnc(-c3ccc(F)cc3)c3ccccc23)c1. The van der Waals surface area contributed by atoms with Crippen LogP contribution in [0.2, 0.25) is 0 Å². The summed E-state index contributed by atoms with van der Waals surface area (Å²) in [5.74, 6) is -0.562. The Labute approximate surface area is 188 Å². The molecule has 6 nitrogen and oxygen atoms in total. The van der Waals surface area contributed by atoms with Crippen molar-refractivity contribution in [2.24, 2.45) is 0 Å². The molecule has 0 bridgehead atoms. The maximum Gasteiger partial charge on any atom is 0.234 e. The van der Waals surface area contributed by atoms with Gasteiger partial charge in [-0.05, 0) is 42.5 Å². The molecule has 0 aliphatic heterocycles. The molecular formula is C24H19FN4O2S. The fourth-order valence-corrected chi connectivity index (χ4v) is 3.99. The van der Waals surface area contributed by atoms with E-state index in [0.29, 0.717) is 22.1 Å². The number of halogens is 1. The number of thioether (sulfide) groups is 1. The molecule has 0 spiro atoms. The van der Waals surface area contributed by atoms with E-state index in [4.69, 9.17) is 0 Å². The minimum atomic E-state index is -0.313. The van der Waals surface area contributed by atoms with Crippen molar-refractivity contribution in [2.75, 3.05) is 16.4 Å². The van der Waals surface area contributed by atoms with Crippen LogP contribution in [0.3, 0.4) is 0 Å². The van der Waals surface area contributed by atoms with Crippen molar-refractivity contribution < 1.29 is 14.0 Å². The molecule has 160 valence electrons. The predicted molar refractivity (Wildman–Crippen MR) is 125 cm³/mol. The molecule has 0 radical (unpaired) electrons. The van der Waals surface area contributed by atoms with Gasteiger partial charge in [-0.25, -0.2) is 4.39 Å². The van der Waals surface area contributed by atoms with E-state index in [1.807, 2.05) is 24.3 Å². The lowest BCUT2D eigenvalue weighted by Crippen LogP contribution is -2.14. The molecule has 3 aromatic carbocycles. The Morgan fingerprint density at radius 3 is 2.28 bits per heavy atom. The third kappa shape index (κ3) is 5.09.